The Morgan fingerprint density at radius 1 is 1.07 bits per heavy atom. The van der Waals surface area contributed by atoms with Crippen molar-refractivity contribution < 1.29 is 14.6 Å². The van der Waals surface area contributed by atoms with Crippen LogP contribution in [0.5, 0.6) is 11.5 Å². The minimum Gasteiger partial charge on any atom is -0.497 e. The number of ether oxygens (including phenoxy) is 2. The summed E-state index contributed by atoms with van der Waals surface area (Å²) in [6.07, 6.45) is -0.521. The van der Waals surface area contributed by atoms with Gasteiger partial charge in [-0.15, -0.1) is 0 Å². The molecule has 1 fully saturated rings. The van der Waals surface area contributed by atoms with Gasteiger partial charge in [-0.25, -0.2) is 0 Å². The number of aliphatic hydroxyl groups is 1. The fourth-order valence-corrected chi connectivity index (χ4v) is 3.52. The molecule has 1 aliphatic rings. The fourth-order valence-electron chi connectivity index (χ4n) is 3.29. The molecule has 0 spiro atoms. The van der Waals surface area contributed by atoms with Crippen molar-refractivity contribution in [3.63, 3.8) is 0 Å². The van der Waals surface area contributed by atoms with E-state index in [4.69, 9.17) is 21.1 Å². The van der Waals surface area contributed by atoms with Crippen LogP contribution in [0.1, 0.15) is 5.56 Å². The third-order valence-electron chi connectivity index (χ3n) is 4.85. The number of halogens is 1. The largest absolute Gasteiger partial charge is 0.497 e. The van der Waals surface area contributed by atoms with Crippen molar-refractivity contribution >= 4 is 17.3 Å². The Morgan fingerprint density at radius 2 is 1.78 bits per heavy atom. The maximum atomic E-state index is 10.3. The molecule has 1 N–H and O–H groups in total. The Hall–Kier alpha value is -1.95. The summed E-state index contributed by atoms with van der Waals surface area (Å²) in [5, 5.41) is 11.0. The molecule has 146 valence electrons. The molecule has 0 amide bonds. The van der Waals surface area contributed by atoms with Gasteiger partial charge in [0.25, 0.3) is 0 Å². The normalized spacial score (nSPS) is 16.2. The minimum absolute atomic E-state index is 0.279. The van der Waals surface area contributed by atoms with Crippen LogP contribution in [0.15, 0.2) is 42.5 Å². The monoisotopic (exact) mass is 390 g/mol. The van der Waals surface area contributed by atoms with E-state index in [9.17, 15) is 5.11 Å². The first kappa shape index (κ1) is 19.8. The maximum Gasteiger partial charge on any atom is 0.122 e. The molecule has 1 saturated heterocycles. The topological polar surface area (TPSA) is 45.2 Å². The second-order valence-electron chi connectivity index (χ2n) is 6.86. The van der Waals surface area contributed by atoms with Crippen LogP contribution in [0, 0.1) is 6.92 Å². The van der Waals surface area contributed by atoms with Gasteiger partial charge >= 0.3 is 0 Å². The maximum absolute atomic E-state index is 10.3. The average molecular weight is 391 g/mol. The van der Waals surface area contributed by atoms with Crippen LogP contribution < -0.4 is 14.4 Å². The van der Waals surface area contributed by atoms with Crippen molar-refractivity contribution in [3.05, 3.63) is 53.1 Å². The molecule has 1 heterocycles. The summed E-state index contributed by atoms with van der Waals surface area (Å²) in [4.78, 5) is 4.64. The fraction of sp³-hybridized carbons (Fsp3) is 0.429. The molecule has 1 aliphatic heterocycles. The summed E-state index contributed by atoms with van der Waals surface area (Å²) < 4.78 is 11.0. The van der Waals surface area contributed by atoms with E-state index in [1.807, 2.05) is 31.2 Å². The molecule has 0 radical (unpaired) electrons. The quantitative estimate of drug-likeness (QED) is 0.786. The van der Waals surface area contributed by atoms with Crippen molar-refractivity contribution in [3.8, 4) is 11.5 Å². The van der Waals surface area contributed by atoms with Crippen molar-refractivity contribution in [2.24, 2.45) is 0 Å². The molecule has 0 aromatic heterocycles. The van der Waals surface area contributed by atoms with E-state index in [2.05, 4.69) is 21.9 Å². The summed E-state index contributed by atoms with van der Waals surface area (Å²) in [7, 11) is 1.68. The van der Waals surface area contributed by atoms with Gasteiger partial charge in [-0.3, -0.25) is 4.90 Å². The Bertz CT molecular complexity index is 731. The summed E-state index contributed by atoms with van der Waals surface area (Å²) in [5.41, 5.74) is 2.18. The van der Waals surface area contributed by atoms with Gasteiger partial charge in [0.05, 0.1) is 7.11 Å². The lowest BCUT2D eigenvalue weighted by Gasteiger charge is -2.36. The molecule has 3 rings (SSSR count). The molecule has 5 nitrogen and oxygen atoms in total. The molecule has 0 aliphatic carbocycles. The van der Waals surface area contributed by atoms with Crippen LogP contribution in [-0.4, -0.2) is 62.6 Å². The standard InChI is InChI=1S/C21H27ClN2O3/c1-16-13-17(22)3-8-21(16)27-15-19(25)14-23-9-11-24(12-10-23)18-4-6-20(26-2)7-5-18/h3-8,13,19,25H,9-12,14-15H2,1-2H3/t19-/m1/s1. The number of piperazine rings is 1. The van der Waals surface area contributed by atoms with Gasteiger partial charge in [-0.2, -0.15) is 0 Å². The Kier molecular flexibility index (Phi) is 6.83. The number of aliphatic hydroxyl groups excluding tert-OH is 1. The summed E-state index contributed by atoms with van der Waals surface area (Å²) in [6.45, 7) is 6.56. The van der Waals surface area contributed by atoms with Crippen molar-refractivity contribution in [2.45, 2.75) is 13.0 Å². The lowest BCUT2D eigenvalue weighted by atomic mass is 10.2. The molecule has 6 heteroatoms. The van der Waals surface area contributed by atoms with E-state index >= 15 is 0 Å². The van der Waals surface area contributed by atoms with Gasteiger partial charge in [-0.05, 0) is 55.0 Å². The van der Waals surface area contributed by atoms with Crippen molar-refractivity contribution in [1.29, 1.82) is 0 Å². The second-order valence-corrected chi connectivity index (χ2v) is 7.30. The first-order valence-electron chi connectivity index (χ1n) is 9.23. The van der Waals surface area contributed by atoms with Gasteiger partial charge in [0.15, 0.2) is 0 Å². The summed E-state index contributed by atoms with van der Waals surface area (Å²) in [5.74, 6) is 1.64. The highest BCUT2D eigenvalue weighted by atomic mass is 35.5. The highest BCUT2D eigenvalue weighted by molar-refractivity contribution is 6.30. The van der Waals surface area contributed by atoms with E-state index in [0.717, 1.165) is 43.2 Å². The Morgan fingerprint density at radius 3 is 2.41 bits per heavy atom. The molecule has 27 heavy (non-hydrogen) atoms. The predicted octanol–water partition coefficient (Wildman–Crippen LogP) is 3.22. The molecular weight excluding hydrogens is 364 g/mol. The highest BCUT2D eigenvalue weighted by Crippen LogP contribution is 2.22. The number of hydrogen-bond acceptors (Lipinski definition) is 5. The summed E-state index contributed by atoms with van der Waals surface area (Å²) >= 11 is 5.96. The number of β-amino-alcohol motifs (C(OH)–C–C–N with tert-alkyl or cyclic N) is 1. The number of benzene rings is 2. The number of hydrogen-bond donors (Lipinski definition) is 1. The minimum atomic E-state index is -0.521. The lowest BCUT2D eigenvalue weighted by molar-refractivity contribution is 0.0661. The van der Waals surface area contributed by atoms with E-state index in [-0.39, 0.29) is 6.61 Å². The molecular formula is C21H27ClN2O3. The number of nitrogens with zero attached hydrogens (tertiary/aromatic N) is 2. The average Bonchev–Trinajstić information content (AvgIpc) is 2.68. The van der Waals surface area contributed by atoms with Gasteiger partial charge in [0.2, 0.25) is 0 Å². The van der Waals surface area contributed by atoms with E-state index in [1.54, 1.807) is 13.2 Å². The number of methoxy groups -OCH3 is 1. The third kappa shape index (κ3) is 5.51. The molecule has 1 atom stereocenters. The second kappa shape index (κ2) is 9.31. The zero-order chi connectivity index (χ0) is 19.2. The van der Waals surface area contributed by atoms with Crippen LogP contribution in [0.3, 0.4) is 0 Å². The first-order valence-corrected chi connectivity index (χ1v) is 9.61. The zero-order valence-corrected chi connectivity index (χ0v) is 16.7. The number of anilines is 1. The smallest absolute Gasteiger partial charge is 0.122 e. The third-order valence-corrected chi connectivity index (χ3v) is 5.08. The van der Waals surface area contributed by atoms with Gasteiger partial charge in [-0.1, -0.05) is 11.6 Å². The highest BCUT2D eigenvalue weighted by Gasteiger charge is 2.20. The van der Waals surface area contributed by atoms with E-state index in [1.165, 1.54) is 5.69 Å². The van der Waals surface area contributed by atoms with Crippen LogP contribution in [0.2, 0.25) is 5.02 Å². The molecule has 0 unspecified atom stereocenters. The molecule has 2 aromatic rings. The van der Waals surface area contributed by atoms with Crippen LogP contribution in [0.4, 0.5) is 5.69 Å². The van der Waals surface area contributed by atoms with Crippen LogP contribution in [0.25, 0.3) is 0 Å². The summed E-state index contributed by atoms with van der Waals surface area (Å²) in [6, 6.07) is 13.7. The first-order chi connectivity index (χ1) is 13.0. The van der Waals surface area contributed by atoms with Crippen LogP contribution in [-0.2, 0) is 0 Å². The molecule has 0 bridgehead atoms. The van der Waals surface area contributed by atoms with Gasteiger partial charge in [0.1, 0.15) is 24.2 Å². The lowest BCUT2D eigenvalue weighted by Crippen LogP contribution is -2.49. The van der Waals surface area contributed by atoms with Gasteiger partial charge < -0.3 is 19.5 Å². The Labute approximate surface area is 166 Å². The van der Waals surface area contributed by atoms with Crippen molar-refractivity contribution in [2.75, 3.05) is 51.3 Å². The van der Waals surface area contributed by atoms with E-state index < -0.39 is 6.10 Å². The van der Waals surface area contributed by atoms with Gasteiger partial charge in [0, 0.05) is 43.4 Å². The van der Waals surface area contributed by atoms with E-state index in [0.29, 0.717) is 11.6 Å². The molecule has 2 aromatic carbocycles. The molecule has 0 saturated carbocycles. The Balaban J connectivity index is 1.42. The number of rotatable bonds is 7. The SMILES string of the molecule is COc1ccc(N2CCN(C[C@@H](O)COc3ccc(Cl)cc3C)CC2)cc1. The zero-order valence-electron chi connectivity index (χ0n) is 15.9. The number of aryl methyl sites for hydroxylation is 1. The predicted molar refractivity (Wildman–Crippen MR) is 109 cm³/mol. The van der Waals surface area contributed by atoms with Crippen molar-refractivity contribution in [1.82, 2.24) is 4.90 Å². The van der Waals surface area contributed by atoms with Crippen LogP contribution >= 0.6 is 11.6 Å².